The second-order valence-corrected chi connectivity index (χ2v) is 5.52. The van der Waals surface area contributed by atoms with Crippen molar-refractivity contribution in [1.29, 1.82) is 0 Å². The van der Waals surface area contributed by atoms with Crippen LogP contribution in [0.5, 0.6) is 11.5 Å². The molecule has 0 saturated heterocycles. The Labute approximate surface area is 142 Å². The normalized spacial score (nSPS) is 11.0. The van der Waals surface area contributed by atoms with Crippen LogP contribution >= 0.6 is 0 Å². The van der Waals surface area contributed by atoms with E-state index < -0.39 is 0 Å². The van der Waals surface area contributed by atoms with Gasteiger partial charge in [-0.3, -0.25) is 4.79 Å². The molecule has 0 heterocycles. The summed E-state index contributed by atoms with van der Waals surface area (Å²) >= 11 is 0. The number of carbonyl (C=O) groups excluding carboxylic acids is 1. The van der Waals surface area contributed by atoms with Crippen molar-refractivity contribution in [1.82, 2.24) is 0 Å². The first-order chi connectivity index (χ1) is 11.5. The number of rotatable bonds is 6. The first kappa shape index (κ1) is 17.6. The number of benzene rings is 2. The van der Waals surface area contributed by atoms with E-state index >= 15 is 0 Å². The SMILES string of the molecule is CCc1cc(CC)c(OC)c(C=CC(=O)c2ccc(N)cc2)c1O. The molecule has 24 heavy (non-hydrogen) atoms. The van der Waals surface area contributed by atoms with Gasteiger partial charge in [0.05, 0.1) is 12.7 Å². The molecule has 0 aliphatic heterocycles. The molecule has 2 aromatic rings. The highest BCUT2D eigenvalue weighted by atomic mass is 16.5. The number of nitrogen functional groups attached to an aromatic ring is 1. The van der Waals surface area contributed by atoms with Gasteiger partial charge in [-0.2, -0.15) is 0 Å². The average molecular weight is 325 g/mol. The molecule has 4 nitrogen and oxygen atoms in total. The van der Waals surface area contributed by atoms with E-state index in [0.29, 0.717) is 29.0 Å². The number of ether oxygens (including phenoxy) is 1. The molecule has 0 radical (unpaired) electrons. The molecule has 0 spiro atoms. The second kappa shape index (κ2) is 7.68. The van der Waals surface area contributed by atoms with Gasteiger partial charge in [0.1, 0.15) is 11.5 Å². The van der Waals surface area contributed by atoms with Crippen molar-refractivity contribution in [3.63, 3.8) is 0 Å². The Bertz CT molecular complexity index is 761. The van der Waals surface area contributed by atoms with Crippen molar-refractivity contribution in [2.45, 2.75) is 26.7 Å². The van der Waals surface area contributed by atoms with Crippen LogP contribution in [0, 0.1) is 0 Å². The first-order valence-corrected chi connectivity index (χ1v) is 8.01. The Morgan fingerprint density at radius 1 is 1.17 bits per heavy atom. The van der Waals surface area contributed by atoms with E-state index in [9.17, 15) is 9.90 Å². The lowest BCUT2D eigenvalue weighted by Gasteiger charge is -2.15. The summed E-state index contributed by atoms with van der Waals surface area (Å²) in [7, 11) is 1.57. The number of anilines is 1. The highest BCUT2D eigenvalue weighted by Gasteiger charge is 2.15. The Kier molecular flexibility index (Phi) is 5.64. The Hall–Kier alpha value is -2.75. The third kappa shape index (κ3) is 3.59. The third-order valence-electron chi connectivity index (χ3n) is 4.01. The standard InChI is InChI=1S/C20H23NO3/c1-4-13-12-14(5-2)20(24-3)17(19(13)23)10-11-18(22)15-6-8-16(21)9-7-15/h6-12,23H,4-5,21H2,1-3H3. The topological polar surface area (TPSA) is 72.5 Å². The van der Waals surface area contributed by atoms with Crippen molar-refractivity contribution >= 4 is 17.5 Å². The molecule has 2 rings (SSSR count). The van der Waals surface area contributed by atoms with Crippen molar-refractivity contribution in [3.8, 4) is 11.5 Å². The zero-order chi connectivity index (χ0) is 17.7. The van der Waals surface area contributed by atoms with Gasteiger partial charge in [-0.1, -0.05) is 13.8 Å². The number of ketones is 1. The predicted molar refractivity (Wildman–Crippen MR) is 97.6 cm³/mol. The van der Waals surface area contributed by atoms with Gasteiger partial charge in [0.2, 0.25) is 0 Å². The molecule has 2 aromatic carbocycles. The number of aryl methyl sites for hydroxylation is 2. The zero-order valence-electron chi connectivity index (χ0n) is 14.3. The van der Waals surface area contributed by atoms with Crippen LogP contribution in [-0.4, -0.2) is 18.0 Å². The van der Waals surface area contributed by atoms with Crippen LogP contribution in [0.1, 0.15) is 40.9 Å². The van der Waals surface area contributed by atoms with Crippen molar-refractivity contribution in [3.05, 3.63) is 58.7 Å². The molecule has 0 amide bonds. The number of hydrogen-bond acceptors (Lipinski definition) is 4. The number of allylic oxidation sites excluding steroid dienone is 1. The average Bonchev–Trinajstić information content (AvgIpc) is 2.60. The molecule has 0 saturated carbocycles. The third-order valence-corrected chi connectivity index (χ3v) is 4.01. The lowest BCUT2D eigenvalue weighted by molar-refractivity contribution is 0.104. The van der Waals surface area contributed by atoms with E-state index in [1.54, 1.807) is 37.5 Å². The number of aromatic hydroxyl groups is 1. The van der Waals surface area contributed by atoms with Crippen LogP contribution in [0.4, 0.5) is 5.69 Å². The van der Waals surface area contributed by atoms with Crippen LogP contribution in [0.25, 0.3) is 6.08 Å². The summed E-state index contributed by atoms with van der Waals surface area (Å²) in [5.74, 6) is 0.609. The Balaban J connectivity index is 2.43. The van der Waals surface area contributed by atoms with Gasteiger partial charge in [0.15, 0.2) is 5.78 Å². The Morgan fingerprint density at radius 3 is 2.33 bits per heavy atom. The zero-order valence-corrected chi connectivity index (χ0v) is 14.3. The molecule has 126 valence electrons. The summed E-state index contributed by atoms with van der Waals surface area (Å²) in [6.07, 6.45) is 4.55. The van der Waals surface area contributed by atoms with E-state index in [2.05, 4.69) is 0 Å². The van der Waals surface area contributed by atoms with Crippen LogP contribution < -0.4 is 10.5 Å². The number of hydrogen-bond donors (Lipinski definition) is 2. The van der Waals surface area contributed by atoms with Gasteiger partial charge in [-0.05, 0) is 66.5 Å². The minimum Gasteiger partial charge on any atom is -0.507 e. The molecule has 0 atom stereocenters. The fourth-order valence-corrected chi connectivity index (χ4v) is 2.63. The van der Waals surface area contributed by atoms with Gasteiger partial charge < -0.3 is 15.6 Å². The van der Waals surface area contributed by atoms with Crippen LogP contribution in [0.3, 0.4) is 0 Å². The maximum absolute atomic E-state index is 12.3. The molecule has 0 unspecified atom stereocenters. The van der Waals surface area contributed by atoms with E-state index in [-0.39, 0.29) is 11.5 Å². The Morgan fingerprint density at radius 2 is 1.79 bits per heavy atom. The fourth-order valence-electron chi connectivity index (χ4n) is 2.63. The van der Waals surface area contributed by atoms with E-state index in [1.807, 2.05) is 19.9 Å². The number of carbonyl (C=O) groups is 1. The van der Waals surface area contributed by atoms with Gasteiger partial charge >= 0.3 is 0 Å². The van der Waals surface area contributed by atoms with E-state index in [4.69, 9.17) is 10.5 Å². The molecular formula is C20H23NO3. The van der Waals surface area contributed by atoms with Gasteiger partial charge in [0.25, 0.3) is 0 Å². The number of phenols is 1. The van der Waals surface area contributed by atoms with Gasteiger partial charge in [0, 0.05) is 11.3 Å². The molecule has 0 bridgehead atoms. The molecule has 0 fully saturated rings. The molecular weight excluding hydrogens is 302 g/mol. The highest BCUT2D eigenvalue weighted by Crippen LogP contribution is 2.36. The van der Waals surface area contributed by atoms with Gasteiger partial charge in [-0.25, -0.2) is 0 Å². The van der Waals surface area contributed by atoms with Gasteiger partial charge in [-0.15, -0.1) is 0 Å². The van der Waals surface area contributed by atoms with Crippen LogP contribution in [-0.2, 0) is 12.8 Å². The number of methoxy groups -OCH3 is 1. The lowest BCUT2D eigenvalue weighted by atomic mass is 9.98. The van der Waals surface area contributed by atoms with E-state index in [0.717, 1.165) is 17.5 Å². The minimum atomic E-state index is -0.156. The molecule has 4 heteroatoms. The smallest absolute Gasteiger partial charge is 0.185 e. The van der Waals surface area contributed by atoms with Crippen molar-refractivity contribution in [2.75, 3.05) is 12.8 Å². The summed E-state index contributed by atoms with van der Waals surface area (Å²) in [5, 5.41) is 10.5. The minimum absolute atomic E-state index is 0.156. The number of nitrogens with two attached hydrogens (primary N) is 1. The summed E-state index contributed by atoms with van der Waals surface area (Å²) in [6.45, 7) is 4.01. The fraction of sp³-hybridized carbons (Fsp3) is 0.250. The quantitative estimate of drug-likeness (QED) is 0.478. The van der Waals surface area contributed by atoms with Crippen LogP contribution in [0.2, 0.25) is 0 Å². The van der Waals surface area contributed by atoms with Crippen molar-refractivity contribution in [2.24, 2.45) is 0 Å². The molecule has 0 aliphatic rings. The second-order valence-electron chi connectivity index (χ2n) is 5.52. The summed E-state index contributed by atoms with van der Waals surface area (Å²) < 4.78 is 5.46. The summed E-state index contributed by atoms with van der Waals surface area (Å²) in [4.78, 5) is 12.3. The highest BCUT2D eigenvalue weighted by molar-refractivity contribution is 6.07. The predicted octanol–water partition coefficient (Wildman–Crippen LogP) is 4.00. The maximum Gasteiger partial charge on any atom is 0.185 e. The maximum atomic E-state index is 12.3. The monoisotopic (exact) mass is 325 g/mol. The van der Waals surface area contributed by atoms with E-state index in [1.165, 1.54) is 6.08 Å². The lowest BCUT2D eigenvalue weighted by Crippen LogP contribution is -1.99. The molecule has 0 aliphatic carbocycles. The summed E-state index contributed by atoms with van der Waals surface area (Å²) in [6, 6.07) is 8.68. The molecule has 0 aromatic heterocycles. The molecule has 3 N–H and O–H groups in total. The van der Waals surface area contributed by atoms with Crippen LogP contribution in [0.15, 0.2) is 36.4 Å². The van der Waals surface area contributed by atoms with Crippen molar-refractivity contribution < 1.29 is 14.6 Å². The summed E-state index contributed by atoms with van der Waals surface area (Å²) in [5.41, 5.74) is 9.17. The number of phenolic OH excluding ortho intramolecular Hbond substituents is 1. The first-order valence-electron chi connectivity index (χ1n) is 8.01. The largest absolute Gasteiger partial charge is 0.507 e.